The summed E-state index contributed by atoms with van der Waals surface area (Å²) in [6, 6.07) is 1.10. The number of carbonyl (C=O) groups excluding carboxylic acids is 1. The molecule has 8 heteroatoms. The molecule has 0 aliphatic heterocycles. The van der Waals surface area contributed by atoms with Crippen LogP contribution in [0.5, 0.6) is 0 Å². The number of nitrogens with zero attached hydrogens (tertiary/aromatic N) is 3. The van der Waals surface area contributed by atoms with Crippen LogP contribution in [-0.2, 0) is 17.9 Å². The number of aryl methyl sites for hydroxylation is 3. The Balaban J connectivity index is 2.00. The highest BCUT2D eigenvalue weighted by Gasteiger charge is 2.18. The molecular formula is C16H23N5O3. The monoisotopic (exact) mass is 333 g/mol. The van der Waals surface area contributed by atoms with E-state index in [0.29, 0.717) is 0 Å². The van der Waals surface area contributed by atoms with E-state index in [1.807, 2.05) is 32.4 Å². The lowest BCUT2D eigenvalue weighted by molar-refractivity contribution is -0.121. The van der Waals surface area contributed by atoms with Gasteiger partial charge in [0.1, 0.15) is 0 Å². The van der Waals surface area contributed by atoms with Crippen LogP contribution < -0.4 is 16.6 Å². The normalized spacial score (nSPS) is 12.2. The molecule has 0 radical (unpaired) electrons. The summed E-state index contributed by atoms with van der Waals surface area (Å²) < 4.78 is 3.21. The van der Waals surface area contributed by atoms with Gasteiger partial charge in [0.05, 0.1) is 11.7 Å². The molecule has 0 aliphatic rings. The summed E-state index contributed by atoms with van der Waals surface area (Å²) in [5, 5.41) is 7.39. The number of nitrogens with one attached hydrogen (secondary N) is 2. The number of amides is 1. The number of aromatic amines is 1. The Labute approximate surface area is 139 Å². The molecule has 2 N–H and O–H groups in total. The van der Waals surface area contributed by atoms with Crippen LogP contribution in [0.15, 0.2) is 21.9 Å². The predicted molar refractivity (Wildman–Crippen MR) is 89.9 cm³/mol. The number of aromatic nitrogens is 4. The number of hydrogen-bond acceptors (Lipinski definition) is 4. The quantitative estimate of drug-likeness (QED) is 0.810. The van der Waals surface area contributed by atoms with Crippen molar-refractivity contribution in [3.63, 3.8) is 0 Å². The number of H-pyrrole nitrogens is 1. The molecule has 2 aromatic rings. The van der Waals surface area contributed by atoms with Crippen LogP contribution in [0, 0.1) is 13.8 Å². The van der Waals surface area contributed by atoms with Crippen LogP contribution >= 0.6 is 0 Å². The summed E-state index contributed by atoms with van der Waals surface area (Å²) in [7, 11) is 0. The van der Waals surface area contributed by atoms with E-state index in [-0.39, 0.29) is 24.9 Å². The van der Waals surface area contributed by atoms with Crippen LogP contribution in [0.25, 0.3) is 0 Å². The zero-order chi connectivity index (χ0) is 17.9. The van der Waals surface area contributed by atoms with Gasteiger partial charge in [-0.3, -0.25) is 19.3 Å². The van der Waals surface area contributed by atoms with E-state index in [2.05, 4.69) is 15.4 Å². The maximum atomic E-state index is 12.2. The van der Waals surface area contributed by atoms with Gasteiger partial charge in [-0.05, 0) is 27.7 Å². The summed E-state index contributed by atoms with van der Waals surface area (Å²) in [5.74, 6) is -0.163. The molecule has 0 aliphatic carbocycles. The second kappa shape index (κ2) is 7.29. The standard InChI is InChI=1S/C16H23N5O3/c1-5-21-12(4)15(11(3)19-21)10(2)17-13(22)6-8-20-9-7-14(23)18-16(20)24/h7,9-10H,5-6,8H2,1-4H3,(H,17,22)(H,18,23,24)/t10-/m0/s1. The van der Waals surface area contributed by atoms with Crippen molar-refractivity contribution in [3.05, 3.63) is 50.1 Å². The summed E-state index contributed by atoms with van der Waals surface area (Å²) in [6.45, 7) is 8.84. The molecule has 0 aromatic carbocycles. The van der Waals surface area contributed by atoms with Crippen LogP contribution in [0.1, 0.15) is 43.3 Å². The first-order valence-corrected chi connectivity index (χ1v) is 7.96. The summed E-state index contributed by atoms with van der Waals surface area (Å²) in [6.07, 6.45) is 1.54. The smallest absolute Gasteiger partial charge is 0.328 e. The minimum Gasteiger partial charge on any atom is -0.349 e. The van der Waals surface area contributed by atoms with E-state index < -0.39 is 11.2 Å². The number of hydrogen-bond donors (Lipinski definition) is 2. The fraction of sp³-hybridized carbons (Fsp3) is 0.500. The van der Waals surface area contributed by atoms with Crippen molar-refractivity contribution in [2.24, 2.45) is 0 Å². The van der Waals surface area contributed by atoms with Crippen LogP contribution in [0.2, 0.25) is 0 Å². The molecular weight excluding hydrogens is 310 g/mol. The molecule has 2 aromatic heterocycles. The van der Waals surface area contributed by atoms with Gasteiger partial charge in [0.25, 0.3) is 5.56 Å². The Morgan fingerprint density at radius 2 is 2.08 bits per heavy atom. The Morgan fingerprint density at radius 3 is 2.67 bits per heavy atom. The van der Waals surface area contributed by atoms with Crippen molar-refractivity contribution >= 4 is 5.91 Å². The second-order valence-corrected chi connectivity index (χ2v) is 5.74. The first-order chi connectivity index (χ1) is 11.3. The fourth-order valence-corrected chi connectivity index (χ4v) is 2.87. The van der Waals surface area contributed by atoms with Crippen molar-refractivity contribution in [2.45, 2.75) is 53.2 Å². The van der Waals surface area contributed by atoms with Crippen molar-refractivity contribution in [1.29, 1.82) is 0 Å². The van der Waals surface area contributed by atoms with Gasteiger partial charge in [-0.2, -0.15) is 5.10 Å². The summed E-state index contributed by atoms with van der Waals surface area (Å²) >= 11 is 0. The zero-order valence-electron chi connectivity index (χ0n) is 14.4. The summed E-state index contributed by atoms with van der Waals surface area (Å²) in [4.78, 5) is 36.9. The van der Waals surface area contributed by atoms with Crippen molar-refractivity contribution in [1.82, 2.24) is 24.6 Å². The average Bonchev–Trinajstić information content (AvgIpc) is 2.80. The van der Waals surface area contributed by atoms with Crippen LogP contribution in [0.3, 0.4) is 0 Å². The van der Waals surface area contributed by atoms with E-state index in [1.165, 1.54) is 16.8 Å². The van der Waals surface area contributed by atoms with Crippen molar-refractivity contribution < 1.29 is 4.79 Å². The topological polar surface area (TPSA) is 102 Å². The Morgan fingerprint density at radius 1 is 1.38 bits per heavy atom. The lowest BCUT2D eigenvalue weighted by Gasteiger charge is -2.15. The van der Waals surface area contributed by atoms with E-state index in [4.69, 9.17) is 0 Å². The van der Waals surface area contributed by atoms with Gasteiger partial charge in [0.2, 0.25) is 5.91 Å². The highest BCUT2D eigenvalue weighted by molar-refractivity contribution is 5.76. The molecule has 130 valence electrons. The molecule has 2 heterocycles. The number of carbonyl (C=O) groups is 1. The van der Waals surface area contributed by atoms with Crippen molar-refractivity contribution in [2.75, 3.05) is 0 Å². The van der Waals surface area contributed by atoms with E-state index in [1.54, 1.807) is 0 Å². The van der Waals surface area contributed by atoms with Gasteiger partial charge in [-0.15, -0.1) is 0 Å². The third kappa shape index (κ3) is 3.81. The maximum absolute atomic E-state index is 12.2. The lowest BCUT2D eigenvalue weighted by Crippen LogP contribution is -2.32. The van der Waals surface area contributed by atoms with Crippen molar-refractivity contribution in [3.8, 4) is 0 Å². The molecule has 0 unspecified atom stereocenters. The molecule has 24 heavy (non-hydrogen) atoms. The minimum absolute atomic E-state index is 0.149. The number of rotatable bonds is 6. The van der Waals surface area contributed by atoms with Gasteiger partial charge in [0.15, 0.2) is 0 Å². The molecule has 2 rings (SSSR count). The average molecular weight is 333 g/mol. The third-order valence-corrected chi connectivity index (χ3v) is 4.02. The third-order valence-electron chi connectivity index (χ3n) is 4.02. The molecule has 0 spiro atoms. The Hall–Kier alpha value is -2.64. The molecule has 0 fully saturated rings. The van der Waals surface area contributed by atoms with Gasteiger partial charge in [0, 0.05) is 43.0 Å². The first kappa shape index (κ1) is 17.7. The maximum Gasteiger partial charge on any atom is 0.328 e. The van der Waals surface area contributed by atoms with Gasteiger partial charge < -0.3 is 9.88 Å². The highest BCUT2D eigenvalue weighted by atomic mass is 16.2. The SMILES string of the molecule is CCn1nc(C)c([C@H](C)NC(=O)CCn2ccc(=O)[nH]c2=O)c1C. The minimum atomic E-state index is -0.515. The molecule has 0 saturated carbocycles. The van der Waals surface area contributed by atoms with E-state index >= 15 is 0 Å². The molecule has 1 atom stereocenters. The Kier molecular flexibility index (Phi) is 5.38. The molecule has 0 bridgehead atoms. The molecule has 0 saturated heterocycles. The Bertz CT molecular complexity index is 846. The fourth-order valence-electron chi connectivity index (χ4n) is 2.87. The van der Waals surface area contributed by atoms with Crippen LogP contribution in [-0.4, -0.2) is 25.2 Å². The highest BCUT2D eigenvalue weighted by Crippen LogP contribution is 2.21. The van der Waals surface area contributed by atoms with Gasteiger partial charge >= 0.3 is 5.69 Å². The summed E-state index contributed by atoms with van der Waals surface area (Å²) in [5.41, 5.74) is 2.00. The van der Waals surface area contributed by atoms with Crippen LogP contribution in [0.4, 0.5) is 0 Å². The zero-order valence-corrected chi connectivity index (χ0v) is 14.4. The van der Waals surface area contributed by atoms with Gasteiger partial charge in [-0.25, -0.2) is 4.79 Å². The second-order valence-electron chi connectivity index (χ2n) is 5.74. The van der Waals surface area contributed by atoms with E-state index in [9.17, 15) is 14.4 Å². The van der Waals surface area contributed by atoms with E-state index in [0.717, 1.165) is 23.5 Å². The largest absolute Gasteiger partial charge is 0.349 e. The first-order valence-electron chi connectivity index (χ1n) is 7.96. The lowest BCUT2D eigenvalue weighted by atomic mass is 10.1. The molecule has 8 nitrogen and oxygen atoms in total. The predicted octanol–water partition coefficient (Wildman–Crippen LogP) is 0.637. The molecule has 1 amide bonds. The van der Waals surface area contributed by atoms with Gasteiger partial charge in [-0.1, -0.05) is 0 Å².